The lowest BCUT2D eigenvalue weighted by atomic mass is 10.1. The number of hydrogen-bond acceptors (Lipinski definition) is 3. The number of aliphatic hydroxyl groups excluding tert-OH is 1. The Morgan fingerprint density at radius 2 is 2.28 bits per heavy atom. The van der Waals surface area contributed by atoms with Crippen LogP contribution >= 0.6 is 15.9 Å². The molecule has 0 radical (unpaired) electrons. The zero-order valence-electron chi connectivity index (χ0n) is 10.2. The van der Waals surface area contributed by atoms with Crippen molar-refractivity contribution in [3.63, 3.8) is 0 Å². The number of fused-ring (bicyclic) bond motifs is 1. The SMILES string of the molecule is CCOC(=O)C(O)c1ccc2c(Br)cn(C)c2c1. The lowest BCUT2D eigenvalue weighted by molar-refractivity contribution is -0.153. The molecule has 0 amide bonds. The molecule has 0 aliphatic rings. The van der Waals surface area contributed by atoms with Crippen LogP contribution in [0.5, 0.6) is 0 Å². The molecule has 0 aliphatic carbocycles. The molecule has 4 nitrogen and oxygen atoms in total. The minimum atomic E-state index is -1.23. The Kier molecular flexibility index (Phi) is 3.73. The van der Waals surface area contributed by atoms with Crippen LogP contribution in [0.3, 0.4) is 0 Å². The van der Waals surface area contributed by atoms with Crippen molar-refractivity contribution >= 4 is 32.8 Å². The van der Waals surface area contributed by atoms with Gasteiger partial charge in [0, 0.05) is 28.6 Å². The van der Waals surface area contributed by atoms with Gasteiger partial charge in [-0.2, -0.15) is 0 Å². The maximum atomic E-state index is 11.5. The Hall–Kier alpha value is -1.33. The van der Waals surface area contributed by atoms with Gasteiger partial charge in [-0.05, 0) is 34.5 Å². The van der Waals surface area contributed by atoms with Crippen LogP contribution < -0.4 is 0 Å². The number of halogens is 1. The standard InChI is InChI=1S/C13H14BrNO3/c1-3-18-13(17)12(16)8-4-5-9-10(14)7-15(2)11(9)6-8/h4-7,12,16H,3H2,1-2H3. The lowest BCUT2D eigenvalue weighted by Gasteiger charge is -2.10. The van der Waals surface area contributed by atoms with Gasteiger partial charge in [0.2, 0.25) is 0 Å². The molecule has 0 saturated carbocycles. The number of aromatic nitrogens is 1. The summed E-state index contributed by atoms with van der Waals surface area (Å²) in [7, 11) is 1.91. The molecule has 96 valence electrons. The van der Waals surface area contributed by atoms with Crippen molar-refractivity contribution in [1.29, 1.82) is 0 Å². The zero-order chi connectivity index (χ0) is 13.3. The summed E-state index contributed by atoms with van der Waals surface area (Å²) in [6, 6.07) is 5.40. The number of carbonyl (C=O) groups is 1. The van der Waals surface area contributed by atoms with E-state index >= 15 is 0 Å². The maximum absolute atomic E-state index is 11.5. The van der Waals surface area contributed by atoms with E-state index in [1.165, 1.54) is 0 Å². The van der Waals surface area contributed by atoms with Crippen LogP contribution in [0.25, 0.3) is 10.9 Å². The van der Waals surface area contributed by atoms with Crippen molar-refractivity contribution in [3.8, 4) is 0 Å². The van der Waals surface area contributed by atoms with E-state index in [-0.39, 0.29) is 6.61 Å². The van der Waals surface area contributed by atoms with Crippen molar-refractivity contribution in [2.45, 2.75) is 13.0 Å². The van der Waals surface area contributed by atoms with E-state index in [0.29, 0.717) is 5.56 Å². The zero-order valence-corrected chi connectivity index (χ0v) is 11.8. The highest BCUT2D eigenvalue weighted by atomic mass is 79.9. The predicted octanol–water partition coefficient (Wildman–Crippen LogP) is 2.54. The highest BCUT2D eigenvalue weighted by Gasteiger charge is 2.19. The lowest BCUT2D eigenvalue weighted by Crippen LogP contribution is -2.15. The first-order valence-corrected chi connectivity index (χ1v) is 6.43. The largest absolute Gasteiger partial charge is 0.464 e. The fraction of sp³-hybridized carbons (Fsp3) is 0.308. The average Bonchev–Trinajstić information content (AvgIpc) is 2.64. The molecule has 1 heterocycles. The third kappa shape index (κ3) is 2.28. The fourth-order valence-electron chi connectivity index (χ4n) is 1.88. The number of aliphatic hydroxyl groups is 1. The second-order valence-electron chi connectivity index (χ2n) is 4.02. The normalized spacial score (nSPS) is 12.7. The topological polar surface area (TPSA) is 51.5 Å². The Labute approximate surface area is 113 Å². The molecule has 0 saturated heterocycles. The van der Waals surface area contributed by atoms with Gasteiger partial charge >= 0.3 is 5.97 Å². The first-order valence-electron chi connectivity index (χ1n) is 5.63. The van der Waals surface area contributed by atoms with Crippen LogP contribution in [0.1, 0.15) is 18.6 Å². The Balaban J connectivity index is 2.41. The minimum absolute atomic E-state index is 0.258. The maximum Gasteiger partial charge on any atom is 0.339 e. The van der Waals surface area contributed by atoms with Gasteiger partial charge in [-0.25, -0.2) is 4.79 Å². The van der Waals surface area contributed by atoms with Crippen LogP contribution in [0.2, 0.25) is 0 Å². The van der Waals surface area contributed by atoms with E-state index in [9.17, 15) is 9.90 Å². The summed E-state index contributed by atoms with van der Waals surface area (Å²) in [5.41, 5.74) is 1.48. The van der Waals surface area contributed by atoms with Crippen LogP contribution in [0.15, 0.2) is 28.9 Å². The van der Waals surface area contributed by atoms with Gasteiger partial charge in [0.15, 0.2) is 6.10 Å². The van der Waals surface area contributed by atoms with Crippen LogP contribution in [0.4, 0.5) is 0 Å². The van der Waals surface area contributed by atoms with Crippen LogP contribution in [0, 0.1) is 0 Å². The molecule has 1 N–H and O–H groups in total. The van der Waals surface area contributed by atoms with E-state index in [4.69, 9.17) is 4.74 Å². The summed E-state index contributed by atoms with van der Waals surface area (Å²) in [6.45, 7) is 1.97. The molecular weight excluding hydrogens is 298 g/mol. The van der Waals surface area contributed by atoms with Crippen molar-refractivity contribution in [3.05, 3.63) is 34.4 Å². The molecule has 1 unspecified atom stereocenters. The second-order valence-corrected chi connectivity index (χ2v) is 4.87. The summed E-state index contributed by atoms with van der Waals surface area (Å²) < 4.78 is 7.72. The van der Waals surface area contributed by atoms with Gasteiger partial charge in [-0.1, -0.05) is 12.1 Å². The summed E-state index contributed by atoms with van der Waals surface area (Å²) in [5, 5.41) is 10.9. The third-order valence-electron chi connectivity index (χ3n) is 2.79. The number of hydrogen-bond donors (Lipinski definition) is 1. The van der Waals surface area contributed by atoms with Crippen molar-refractivity contribution in [2.24, 2.45) is 7.05 Å². The fourth-order valence-corrected chi connectivity index (χ4v) is 2.52. The third-order valence-corrected chi connectivity index (χ3v) is 3.42. The highest BCUT2D eigenvalue weighted by molar-refractivity contribution is 9.10. The van der Waals surface area contributed by atoms with E-state index in [0.717, 1.165) is 15.4 Å². The first kappa shape index (κ1) is 13.1. The summed E-state index contributed by atoms with van der Waals surface area (Å²) >= 11 is 3.46. The van der Waals surface area contributed by atoms with Crippen molar-refractivity contribution in [2.75, 3.05) is 6.61 Å². The number of aryl methyl sites for hydroxylation is 1. The number of carbonyl (C=O) groups excluding carboxylic acids is 1. The van der Waals surface area contributed by atoms with Gasteiger partial charge in [0.05, 0.1) is 6.61 Å². The summed E-state index contributed by atoms with van der Waals surface area (Å²) in [4.78, 5) is 11.5. The summed E-state index contributed by atoms with van der Waals surface area (Å²) in [6.07, 6.45) is 0.702. The highest BCUT2D eigenvalue weighted by Crippen LogP contribution is 2.28. The van der Waals surface area contributed by atoms with Gasteiger partial charge in [0.1, 0.15) is 0 Å². The number of nitrogens with zero attached hydrogens (tertiary/aromatic N) is 1. The van der Waals surface area contributed by atoms with Gasteiger partial charge in [-0.15, -0.1) is 0 Å². The molecule has 2 rings (SSSR count). The van der Waals surface area contributed by atoms with Crippen molar-refractivity contribution in [1.82, 2.24) is 4.57 Å². The molecule has 0 spiro atoms. The number of benzene rings is 1. The minimum Gasteiger partial charge on any atom is -0.464 e. The van der Waals surface area contributed by atoms with Gasteiger partial charge < -0.3 is 14.4 Å². The van der Waals surface area contributed by atoms with E-state index in [2.05, 4.69) is 15.9 Å². The Morgan fingerprint density at radius 1 is 1.56 bits per heavy atom. The van der Waals surface area contributed by atoms with Crippen LogP contribution in [-0.2, 0) is 16.6 Å². The average molecular weight is 312 g/mol. The predicted molar refractivity (Wildman–Crippen MR) is 72.2 cm³/mol. The number of rotatable bonds is 3. The number of ether oxygens (including phenoxy) is 1. The molecule has 0 aliphatic heterocycles. The Morgan fingerprint density at radius 3 is 2.94 bits per heavy atom. The molecular formula is C13H14BrNO3. The molecule has 1 atom stereocenters. The molecule has 0 bridgehead atoms. The monoisotopic (exact) mass is 311 g/mol. The molecule has 1 aromatic carbocycles. The second kappa shape index (κ2) is 5.12. The quantitative estimate of drug-likeness (QED) is 0.886. The van der Waals surface area contributed by atoms with E-state index in [1.54, 1.807) is 19.1 Å². The molecule has 5 heteroatoms. The van der Waals surface area contributed by atoms with Gasteiger partial charge in [-0.3, -0.25) is 0 Å². The van der Waals surface area contributed by atoms with Crippen LogP contribution in [-0.4, -0.2) is 22.2 Å². The van der Waals surface area contributed by atoms with Gasteiger partial charge in [0.25, 0.3) is 0 Å². The first-order chi connectivity index (χ1) is 8.54. The van der Waals surface area contributed by atoms with E-state index in [1.807, 2.05) is 23.9 Å². The molecule has 18 heavy (non-hydrogen) atoms. The molecule has 2 aromatic rings. The van der Waals surface area contributed by atoms with E-state index < -0.39 is 12.1 Å². The molecule has 0 fully saturated rings. The van der Waals surface area contributed by atoms with Crippen molar-refractivity contribution < 1.29 is 14.6 Å². The summed E-state index contributed by atoms with van der Waals surface area (Å²) in [5.74, 6) is -0.620. The Bertz CT molecular complexity index is 591. The molecule has 1 aromatic heterocycles. The smallest absolute Gasteiger partial charge is 0.339 e. The number of esters is 1.